The summed E-state index contributed by atoms with van der Waals surface area (Å²) in [6, 6.07) is 31.4. The molecular formula is C27H20N2O2. The van der Waals surface area contributed by atoms with Crippen LogP contribution in [0.4, 0.5) is 5.69 Å². The number of rotatable bonds is 4. The minimum Gasteiger partial charge on any atom is -0.497 e. The molecule has 4 aromatic carbocycles. The number of anilines is 1. The second-order valence-electron chi connectivity index (χ2n) is 7.24. The lowest BCUT2D eigenvalue weighted by Crippen LogP contribution is -2.32. The molecule has 150 valence electrons. The molecule has 0 aliphatic carbocycles. The van der Waals surface area contributed by atoms with Crippen molar-refractivity contribution in [3.63, 3.8) is 0 Å². The fourth-order valence-electron chi connectivity index (χ4n) is 3.78. The summed E-state index contributed by atoms with van der Waals surface area (Å²) < 4.78 is 5.23. The average Bonchev–Trinajstić information content (AvgIpc) is 3.15. The van der Waals surface area contributed by atoms with Crippen molar-refractivity contribution in [3.05, 3.63) is 114 Å². The summed E-state index contributed by atoms with van der Waals surface area (Å²) in [5, 5.41) is 2.08. The maximum Gasteiger partial charge on any atom is 0.282 e. The van der Waals surface area contributed by atoms with Crippen LogP contribution in [-0.4, -0.2) is 18.9 Å². The van der Waals surface area contributed by atoms with E-state index in [9.17, 15) is 4.79 Å². The lowest BCUT2D eigenvalue weighted by molar-refractivity contribution is -0.113. The Morgan fingerprint density at radius 2 is 1.52 bits per heavy atom. The van der Waals surface area contributed by atoms with E-state index in [-0.39, 0.29) is 5.91 Å². The van der Waals surface area contributed by atoms with E-state index in [2.05, 4.69) is 0 Å². The quantitative estimate of drug-likeness (QED) is 0.411. The SMILES string of the molecule is COc1ccc(C=C2N=C(c3ccccc3)N(c3cccc4ccccc34)C2=O)cc1. The Labute approximate surface area is 180 Å². The molecule has 0 atom stereocenters. The number of nitrogens with zero attached hydrogens (tertiary/aromatic N) is 2. The lowest BCUT2D eigenvalue weighted by atomic mass is 10.1. The zero-order chi connectivity index (χ0) is 21.2. The van der Waals surface area contributed by atoms with Crippen LogP contribution < -0.4 is 9.64 Å². The Balaban J connectivity index is 1.65. The van der Waals surface area contributed by atoms with Crippen LogP contribution in [-0.2, 0) is 4.79 Å². The first-order chi connectivity index (χ1) is 15.2. The van der Waals surface area contributed by atoms with Crippen molar-refractivity contribution in [2.24, 2.45) is 4.99 Å². The molecule has 0 spiro atoms. The van der Waals surface area contributed by atoms with Crippen LogP contribution in [0.25, 0.3) is 16.8 Å². The molecule has 0 aromatic heterocycles. The van der Waals surface area contributed by atoms with E-state index < -0.39 is 0 Å². The van der Waals surface area contributed by atoms with Gasteiger partial charge in [0.1, 0.15) is 17.3 Å². The number of methoxy groups -OCH3 is 1. The van der Waals surface area contributed by atoms with Crippen molar-refractivity contribution in [3.8, 4) is 5.75 Å². The van der Waals surface area contributed by atoms with E-state index >= 15 is 0 Å². The van der Waals surface area contributed by atoms with Crippen LogP contribution in [0.15, 0.2) is 108 Å². The van der Waals surface area contributed by atoms with Crippen molar-refractivity contribution >= 4 is 34.3 Å². The Morgan fingerprint density at radius 3 is 2.29 bits per heavy atom. The standard InChI is InChI=1S/C27H20N2O2/c1-31-22-16-14-19(15-17-22)18-24-27(30)29(26(28-24)21-9-3-2-4-10-21)25-13-7-11-20-8-5-6-12-23(20)25/h2-18H,1H3. The molecule has 1 aliphatic rings. The minimum atomic E-state index is -0.147. The summed E-state index contributed by atoms with van der Waals surface area (Å²) in [4.78, 5) is 20.1. The van der Waals surface area contributed by atoms with Crippen LogP contribution in [0, 0.1) is 0 Å². The largest absolute Gasteiger partial charge is 0.497 e. The number of benzene rings is 4. The van der Waals surface area contributed by atoms with Crippen LogP contribution in [0.2, 0.25) is 0 Å². The zero-order valence-electron chi connectivity index (χ0n) is 17.0. The second kappa shape index (κ2) is 7.92. The van der Waals surface area contributed by atoms with E-state index in [0.717, 1.165) is 33.3 Å². The minimum absolute atomic E-state index is 0.147. The van der Waals surface area contributed by atoms with Gasteiger partial charge in [-0.05, 0) is 35.2 Å². The third kappa shape index (κ3) is 3.49. The molecule has 0 radical (unpaired) electrons. The number of hydrogen-bond acceptors (Lipinski definition) is 3. The Morgan fingerprint density at radius 1 is 0.806 bits per heavy atom. The first-order valence-electron chi connectivity index (χ1n) is 10.1. The first kappa shape index (κ1) is 18.8. The number of carbonyl (C=O) groups excluding carboxylic acids is 1. The van der Waals surface area contributed by atoms with Gasteiger partial charge in [0.15, 0.2) is 0 Å². The van der Waals surface area contributed by atoms with Crippen molar-refractivity contribution in [2.75, 3.05) is 12.0 Å². The third-order valence-electron chi connectivity index (χ3n) is 5.32. The van der Waals surface area contributed by atoms with Crippen LogP contribution in [0.1, 0.15) is 11.1 Å². The van der Waals surface area contributed by atoms with Crippen LogP contribution in [0.3, 0.4) is 0 Å². The highest BCUT2D eigenvalue weighted by atomic mass is 16.5. The summed E-state index contributed by atoms with van der Waals surface area (Å²) in [6.07, 6.45) is 1.82. The highest BCUT2D eigenvalue weighted by Gasteiger charge is 2.33. The number of amidine groups is 1. The van der Waals surface area contributed by atoms with E-state index in [1.165, 1.54) is 0 Å². The molecule has 0 unspecified atom stereocenters. The molecule has 0 saturated heterocycles. The van der Waals surface area contributed by atoms with Gasteiger partial charge in [0.2, 0.25) is 0 Å². The Kier molecular flexibility index (Phi) is 4.81. The number of carbonyl (C=O) groups is 1. The van der Waals surface area contributed by atoms with Crippen molar-refractivity contribution in [1.29, 1.82) is 0 Å². The fourth-order valence-corrected chi connectivity index (χ4v) is 3.78. The summed E-state index contributed by atoms with van der Waals surface area (Å²) >= 11 is 0. The first-order valence-corrected chi connectivity index (χ1v) is 10.1. The number of amides is 1. The number of hydrogen-bond donors (Lipinski definition) is 0. The van der Waals surface area contributed by atoms with Gasteiger partial charge in [-0.3, -0.25) is 9.69 Å². The predicted molar refractivity (Wildman–Crippen MR) is 125 cm³/mol. The molecule has 4 heteroatoms. The molecule has 1 amide bonds. The molecule has 4 nitrogen and oxygen atoms in total. The highest BCUT2D eigenvalue weighted by Crippen LogP contribution is 2.33. The Hall–Kier alpha value is -4.18. The lowest BCUT2D eigenvalue weighted by Gasteiger charge is -2.20. The van der Waals surface area contributed by atoms with Crippen molar-refractivity contribution < 1.29 is 9.53 Å². The highest BCUT2D eigenvalue weighted by molar-refractivity contribution is 6.34. The molecule has 1 aliphatic heterocycles. The monoisotopic (exact) mass is 404 g/mol. The number of fused-ring (bicyclic) bond motifs is 1. The van der Waals surface area contributed by atoms with E-state index in [4.69, 9.17) is 9.73 Å². The van der Waals surface area contributed by atoms with Gasteiger partial charge in [0, 0.05) is 10.9 Å². The molecular weight excluding hydrogens is 384 g/mol. The van der Waals surface area contributed by atoms with Gasteiger partial charge in [-0.2, -0.15) is 0 Å². The molecule has 0 fully saturated rings. The smallest absolute Gasteiger partial charge is 0.282 e. The van der Waals surface area contributed by atoms with E-state index in [0.29, 0.717) is 11.5 Å². The van der Waals surface area contributed by atoms with E-state index in [1.54, 1.807) is 12.0 Å². The molecule has 4 aromatic rings. The van der Waals surface area contributed by atoms with Gasteiger partial charge in [-0.15, -0.1) is 0 Å². The molecule has 0 N–H and O–H groups in total. The van der Waals surface area contributed by atoms with E-state index in [1.807, 2.05) is 103 Å². The van der Waals surface area contributed by atoms with Gasteiger partial charge in [-0.1, -0.05) is 78.9 Å². The molecule has 5 rings (SSSR count). The Bertz CT molecular complexity index is 1320. The van der Waals surface area contributed by atoms with Gasteiger partial charge >= 0.3 is 0 Å². The molecule has 0 bridgehead atoms. The average molecular weight is 404 g/mol. The zero-order valence-corrected chi connectivity index (χ0v) is 17.0. The van der Waals surface area contributed by atoms with Gasteiger partial charge in [0.05, 0.1) is 12.8 Å². The molecule has 0 saturated carbocycles. The van der Waals surface area contributed by atoms with Crippen LogP contribution >= 0.6 is 0 Å². The van der Waals surface area contributed by atoms with Gasteiger partial charge in [-0.25, -0.2) is 4.99 Å². The number of aliphatic imine (C=N–C) groups is 1. The molecule has 31 heavy (non-hydrogen) atoms. The van der Waals surface area contributed by atoms with Crippen LogP contribution in [0.5, 0.6) is 5.75 Å². The normalized spacial score (nSPS) is 14.9. The maximum absolute atomic E-state index is 13.6. The van der Waals surface area contributed by atoms with Gasteiger partial charge in [0.25, 0.3) is 5.91 Å². The van der Waals surface area contributed by atoms with Crippen molar-refractivity contribution in [1.82, 2.24) is 0 Å². The summed E-state index contributed by atoms with van der Waals surface area (Å²) in [7, 11) is 1.63. The molecule has 1 heterocycles. The fraction of sp³-hybridized carbons (Fsp3) is 0.0370. The summed E-state index contributed by atoms with van der Waals surface area (Å²) in [5.74, 6) is 1.25. The number of ether oxygens (including phenoxy) is 1. The third-order valence-corrected chi connectivity index (χ3v) is 5.32. The maximum atomic E-state index is 13.6. The topological polar surface area (TPSA) is 41.9 Å². The second-order valence-corrected chi connectivity index (χ2v) is 7.24. The van der Waals surface area contributed by atoms with Gasteiger partial charge < -0.3 is 4.74 Å². The van der Waals surface area contributed by atoms with Crippen molar-refractivity contribution in [2.45, 2.75) is 0 Å². The predicted octanol–water partition coefficient (Wildman–Crippen LogP) is 5.68. The summed E-state index contributed by atoms with van der Waals surface area (Å²) in [5.41, 5.74) is 3.00. The summed E-state index contributed by atoms with van der Waals surface area (Å²) in [6.45, 7) is 0.